The second kappa shape index (κ2) is 5.86. The Hall–Kier alpha value is -1.56. The van der Waals surface area contributed by atoms with Crippen LogP contribution in [0.5, 0.6) is 0 Å². The topological polar surface area (TPSA) is 84.2 Å². The molecule has 2 N–H and O–H groups in total. The fraction of sp³-hybridized carbons (Fsp3) is 0.545. The van der Waals surface area contributed by atoms with Crippen molar-refractivity contribution in [1.29, 1.82) is 0 Å². The second-order valence-electron chi connectivity index (χ2n) is 4.47. The van der Waals surface area contributed by atoms with Crippen molar-refractivity contribution in [3.63, 3.8) is 0 Å². The molecule has 0 saturated carbocycles. The minimum Gasteiger partial charge on any atom is -0.480 e. The van der Waals surface area contributed by atoms with Gasteiger partial charge in [0.15, 0.2) is 0 Å². The molecule has 0 aliphatic heterocycles. The summed E-state index contributed by atoms with van der Waals surface area (Å²) in [5.74, 6) is -0.780. The number of carboxylic acids is 1. The summed E-state index contributed by atoms with van der Waals surface area (Å²) >= 11 is 5.86. The summed E-state index contributed by atoms with van der Waals surface area (Å²) in [6.45, 7) is 3.84. The zero-order chi connectivity index (χ0) is 13.9. The maximum atomic E-state index is 11.5. The predicted molar refractivity (Wildman–Crippen MR) is 69.0 cm³/mol. The summed E-state index contributed by atoms with van der Waals surface area (Å²) in [5.41, 5.74) is -0.219. The van der Waals surface area contributed by atoms with Crippen LogP contribution in [0.4, 0.5) is 5.69 Å². The maximum absolute atomic E-state index is 11.5. The van der Waals surface area contributed by atoms with Gasteiger partial charge in [0.05, 0.1) is 11.9 Å². The van der Waals surface area contributed by atoms with Crippen LogP contribution in [-0.2, 0) is 11.8 Å². The first-order valence-electron chi connectivity index (χ1n) is 5.54. The maximum Gasteiger partial charge on any atom is 0.326 e. The molecule has 18 heavy (non-hydrogen) atoms. The van der Waals surface area contributed by atoms with Crippen molar-refractivity contribution in [2.45, 2.75) is 26.3 Å². The van der Waals surface area contributed by atoms with Gasteiger partial charge in [0.1, 0.15) is 11.1 Å². The first kappa shape index (κ1) is 14.5. The van der Waals surface area contributed by atoms with E-state index in [9.17, 15) is 9.59 Å². The number of nitrogens with one attached hydrogen (secondary N) is 1. The molecule has 0 aliphatic carbocycles. The highest BCUT2D eigenvalue weighted by atomic mass is 35.5. The van der Waals surface area contributed by atoms with Gasteiger partial charge in [-0.05, 0) is 12.3 Å². The summed E-state index contributed by atoms with van der Waals surface area (Å²) < 4.78 is 1.09. The van der Waals surface area contributed by atoms with Crippen LogP contribution in [0.3, 0.4) is 0 Å². The molecule has 0 bridgehead atoms. The molecule has 1 aromatic rings. The van der Waals surface area contributed by atoms with E-state index in [1.54, 1.807) is 0 Å². The molecule has 1 atom stereocenters. The van der Waals surface area contributed by atoms with Crippen LogP contribution >= 0.6 is 11.6 Å². The average molecular weight is 274 g/mol. The Labute approximate surface area is 110 Å². The average Bonchev–Trinajstić information content (AvgIpc) is 2.28. The van der Waals surface area contributed by atoms with Crippen molar-refractivity contribution >= 4 is 23.3 Å². The van der Waals surface area contributed by atoms with Crippen molar-refractivity contribution in [2.75, 3.05) is 5.32 Å². The van der Waals surface area contributed by atoms with Crippen LogP contribution in [-0.4, -0.2) is 26.9 Å². The fourth-order valence-electron chi connectivity index (χ4n) is 1.49. The number of aryl methyl sites for hydroxylation is 1. The van der Waals surface area contributed by atoms with E-state index in [2.05, 4.69) is 10.4 Å². The van der Waals surface area contributed by atoms with E-state index in [-0.39, 0.29) is 16.6 Å². The van der Waals surface area contributed by atoms with Gasteiger partial charge in [-0.15, -0.1) is 0 Å². The lowest BCUT2D eigenvalue weighted by Crippen LogP contribution is -2.32. The number of halogens is 1. The van der Waals surface area contributed by atoms with Gasteiger partial charge in [-0.1, -0.05) is 25.4 Å². The third-order valence-electron chi connectivity index (χ3n) is 2.41. The summed E-state index contributed by atoms with van der Waals surface area (Å²) in [6, 6.07) is -0.795. The van der Waals surface area contributed by atoms with E-state index >= 15 is 0 Å². The third kappa shape index (κ3) is 3.46. The van der Waals surface area contributed by atoms with Gasteiger partial charge in [0.2, 0.25) is 0 Å². The number of rotatable bonds is 5. The number of carboxylic acid groups (broad SMARTS) is 1. The minimum absolute atomic E-state index is 0.0532. The van der Waals surface area contributed by atoms with Gasteiger partial charge < -0.3 is 10.4 Å². The Kier molecular flexibility index (Phi) is 4.72. The lowest BCUT2D eigenvalue weighted by molar-refractivity contribution is -0.138. The van der Waals surface area contributed by atoms with E-state index in [4.69, 9.17) is 16.7 Å². The molecule has 0 aliphatic rings. The standard InChI is InChI=1S/C11H16ClN3O3/c1-6(2)4-7(11(17)18)14-8-5-13-15(3)10(16)9(8)12/h5-7,14H,4H2,1-3H3,(H,17,18)/t7-/m0/s1. The molecule has 0 fully saturated rings. The molecule has 100 valence electrons. The van der Waals surface area contributed by atoms with Crippen LogP contribution < -0.4 is 10.9 Å². The molecular weight excluding hydrogens is 258 g/mol. The highest BCUT2D eigenvalue weighted by molar-refractivity contribution is 6.33. The van der Waals surface area contributed by atoms with E-state index in [0.29, 0.717) is 6.42 Å². The molecule has 0 saturated heterocycles. The zero-order valence-electron chi connectivity index (χ0n) is 10.5. The fourth-order valence-corrected chi connectivity index (χ4v) is 1.72. The Bertz CT molecular complexity index is 499. The van der Waals surface area contributed by atoms with Gasteiger partial charge in [0, 0.05) is 7.05 Å². The molecule has 0 radical (unpaired) electrons. The molecule has 6 nitrogen and oxygen atoms in total. The van der Waals surface area contributed by atoms with Gasteiger partial charge in [-0.25, -0.2) is 9.48 Å². The van der Waals surface area contributed by atoms with E-state index in [1.165, 1.54) is 13.2 Å². The number of anilines is 1. The van der Waals surface area contributed by atoms with Crippen molar-refractivity contribution in [2.24, 2.45) is 13.0 Å². The van der Waals surface area contributed by atoms with E-state index in [0.717, 1.165) is 4.68 Å². The van der Waals surface area contributed by atoms with E-state index in [1.807, 2.05) is 13.8 Å². The Morgan fingerprint density at radius 3 is 2.72 bits per heavy atom. The molecule has 0 unspecified atom stereocenters. The third-order valence-corrected chi connectivity index (χ3v) is 2.78. The zero-order valence-corrected chi connectivity index (χ0v) is 11.2. The van der Waals surface area contributed by atoms with Crippen molar-refractivity contribution in [3.8, 4) is 0 Å². The van der Waals surface area contributed by atoms with Crippen LogP contribution in [0.2, 0.25) is 5.02 Å². The van der Waals surface area contributed by atoms with Gasteiger partial charge in [-0.3, -0.25) is 4.79 Å². The summed E-state index contributed by atoms with van der Waals surface area (Å²) in [4.78, 5) is 22.6. The normalized spacial score (nSPS) is 12.5. The van der Waals surface area contributed by atoms with Gasteiger partial charge in [0.25, 0.3) is 5.56 Å². The molecule has 1 aromatic heterocycles. The first-order chi connectivity index (χ1) is 8.32. The summed E-state index contributed by atoms with van der Waals surface area (Å²) in [6.07, 6.45) is 1.78. The van der Waals surface area contributed by atoms with Gasteiger partial charge in [-0.2, -0.15) is 5.10 Å². The Balaban J connectivity index is 2.98. The number of nitrogens with zero attached hydrogens (tertiary/aromatic N) is 2. The summed E-state index contributed by atoms with van der Waals surface area (Å²) in [7, 11) is 1.47. The molecular formula is C11H16ClN3O3. The lowest BCUT2D eigenvalue weighted by atomic mass is 10.0. The number of aliphatic carboxylic acids is 1. The number of carbonyl (C=O) groups is 1. The quantitative estimate of drug-likeness (QED) is 0.846. The molecule has 1 heterocycles. The number of hydrogen-bond acceptors (Lipinski definition) is 4. The SMILES string of the molecule is CC(C)C[C@H](Nc1cnn(C)c(=O)c1Cl)C(=O)O. The van der Waals surface area contributed by atoms with Crippen molar-refractivity contribution in [3.05, 3.63) is 21.6 Å². The number of hydrogen-bond donors (Lipinski definition) is 2. The molecule has 0 amide bonds. The Morgan fingerprint density at radius 2 is 2.22 bits per heavy atom. The van der Waals surface area contributed by atoms with Crippen LogP contribution in [0.1, 0.15) is 20.3 Å². The molecule has 7 heteroatoms. The number of aromatic nitrogens is 2. The van der Waals surface area contributed by atoms with Crippen LogP contribution in [0.25, 0.3) is 0 Å². The highest BCUT2D eigenvalue weighted by Gasteiger charge is 2.20. The highest BCUT2D eigenvalue weighted by Crippen LogP contribution is 2.18. The lowest BCUT2D eigenvalue weighted by Gasteiger charge is -2.18. The van der Waals surface area contributed by atoms with Crippen molar-refractivity contribution < 1.29 is 9.90 Å². The largest absolute Gasteiger partial charge is 0.480 e. The van der Waals surface area contributed by atoms with Crippen molar-refractivity contribution in [1.82, 2.24) is 9.78 Å². The van der Waals surface area contributed by atoms with E-state index < -0.39 is 17.6 Å². The molecule has 0 aromatic carbocycles. The Morgan fingerprint density at radius 1 is 1.61 bits per heavy atom. The second-order valence-corrected chi connectivity index (χ2v) is 4.84. The first-order valence-corrected chi connectivity index (χ1v) is 5.92. The summed E-state index contributed by atoms with van der Waals surface area (Å²) in [5, 5.41) is 15.6. The smallest absolute Gasteiger partial charge is 0.326 e. The minimum atomic E-state index is -0.986. The predicted octanol–water partition coefficient (Wildman–Crippen LogP) is 1.34. The van der Waals surface area contributed by atoms with Crippen LogP contribution in [0, 0.1) is 5.92 Å². The van der Waals surface area contributed by atoms with Gasteiger partial charge >= 0.3 is 5.97 Å². The van der Waals surface area contributed by atoms with Crippen LogP contribution in [0.15, 0.2) is 11.0 Å². The molecule has 1 rings (SSSR count). The monoisotopic (exact) mass is 273 g/mol. The molecule has 0 spiro atoms.